The number of hydrogen-bond acceptors (Lipinski definition) is 1. The standard InChI is InChI=1S/C12H12Cl2FNO/c1-11(7-12(11,13)14)10(17)16-6-8-2-4-9(15)5-3-8/h2-5H,6-7H2,1H3,(H,16,17)/t11-/m1/s1. The SMILES string of the molecule is C[C@]1(C(=O)NCc2ccc(F)cc2)CC1(Cl)Cl. The minimum Gasteiger partial charge on any atom is -0.351 e. The van der Waals surface area contributed by atoms with Crippen LogP contribution in [0.5, 0.6) is 0 Å². The summed E-state index contributed by atoms with van der Waals surface area (Å²) >= 11 is 11.8. The van der Waals surface area contributed by atoms with Crippen LogP contribution in [0, 0.1) is 11.2 Å². The number of alkyl halides is 2. The second kappa shape index (κ2) is 4.14. The summed E-state index contributed by atoms with van der Waals surface area (Å²) < 4.78 is 11.7. The zero-order valence-electron chi connectivity index (χ0n) is 9.27. The highest BCUT2D eigenvalue weighted by Gasteiger charge is 2.67. The number of halogens is 3. The predicted octanol–water partition coefficient (Wildman–Crippen LogP) is 3.03. The van der Waals surface area contributed by atoms with E-state index >= 15 is 0 Å². The number of carbonyl (C=O) groups is 1. The minimum absolute atomic E-state index is 0.174. The van der Waals surface area contributed by atoms with Gasteiger partial charge in [0, 0.05) is 6.54 Å². The highest BCUT2D eigenvalue weighted by molar-refractivity contribution is 6.53. The molecule has 0 heterocycles. The van der Waals surface area contributed by atoms with Crippen LogP contribution in [0.2, 0.25) is 0 Å². The summed E-state index contributed by atoms with van der Waals surface area (Å²) in [6, 6.07) is 5.96. The van der Waals surface area contributed by atoms with Gasteiger partial charge in [0.1, 0.15) is 10.2 Å². The van der Waals surface area contributed by atoms with Crippen LogP contribution in [-0.4, -0.2) is 10.2 Å². The molecule has 17 heavy (non-hydrogen) atoms. The molecular formula is C12H12Cl2FNO. The van der Waals surface area contributed by atoms with Crippen LogP contribution in [0.15, 0.2) is 24.3 Å². The topological polar surface area (TPSA) is 29.1 Å². The third-order valence-corrected chi connectivity index (χ3v) is 4.23. The quantitative estimate of drug-likeness (QED) is 0.845. The molecule has 1 amide bonds. The van der Waals surface area contributed by atoms with Gasteiger partial charge in [-0.25, -0.2) is 4.39 Å². The maximum atomic E-state index is 12.7. The van der Waals surface area contributed by atoms with E-state index in [1.807, 2.05) is 0 Å². The molecule has 1 aliphatic carbocycles. The summed E-state index contributed by atoms with van der Waals surface area (Å²) in [6.07, 6.45) is 0.457. The van der Waals surface area contributed by atoms with E-state index in [1.165, 1.54) is 12.1 Å². The lowest BCUT2D eigenvalue weighted by atomic mass is 10.1. The molecule has 1 atom stereocenters. The van der Waals surface area contributed by atoms with Gasteiger partial charge in [-0.1, -0.05) is 12.1 Å². The first kappa shape index (κ1) is 12.7. The zero-order valence-corrected chi connectivity index (χ0v) is 10.8. The largest absolute Gasteiger partial charge is 0.351 e. The minimum atomic E-state index is -0.958. The Kier molecular flexibility index (Phi) is 3.08. The van der Waals surface area contributed by atoms with Gasteiger partial charge < -0.3 is 5.32 Å². The number of hydrogen-bond donors (Lipinski definition) is 1. The van der Waals surface area contributed by atoms with E-state index in [4.69, 9.17) is 23.2 Å². The first-order chi connectivity index (χ1) is 7.85. The van der Waals surface area contributed by atoms with Crippen LogP contribution in [0.25, 0.3) is 0 Å². The molecule has 92 valence electrons. The van der Waals surface area contributed by atoms with Gasteiger partial charge in [0.05, 0.1) is 5.41 Å². The molecule has 0 spiro atoms. The lowest BCUT2D eigenvalue weighted by molar-refractivity contribution is -0.125. The maximum Gasteiger partial charge on any atom is 0.229 e. The van der Waals surface area contributed by atoms with Crippen molar-refractivity contribution in [3.63, 3.8) is 0 Å². The fourth-order valence-electron chi connectivity index (χ4n) is 1.63. The summed E-state index contributed by atoms with van der Waals surface area (Å²) in [5.41, 5.74) is 0.120. The van der Waals surface area contributed by atoms with E-state index in [2.05, 4.69) is 5.32 Å². The van der Waals surface area contributed by atoms with Crippen molar-refractivity contribution in [3.05, 3.63) is 35.6 Å². The molecule has 0 saturated heterocycles. The van der Waals surface area contributed by atoms with Crippen molar-refractivity contribution in [2.45, 2.75) is 24.2 Å². The molecule has 0 unspecified atom stereocenters. The monoisotopic (exact) mass is 275 g/mol. The van der Waals surface area contributed by atoms with Crippen molar-refractivity contribution >= 4 is 29.1 Å². The average Bonchev–Trinajstić information content (AvgIpc) is 2.78. The highest BCUT2D eigenvalue weighted by Crippen LogP contribution is 2.63. The van der Waals surface area contributed by atoms with Gasteiger partial charge in [0.2, 0.25) is 5.91 Å². The van der Waals surface area contributed by atoms with Crippen molar-refractivity contribution in [2.75, 3.05) is 0 Å². The van der Waals surface area contributed by atoms with Crippen LogP contribution in [-0.2, 0) is 11.3 Å². The van der Waals surface area contributed by atoms with Gasteiger partial charge in [-0.15, -0.1) is 23.2 Å². The lowest BCUT2D eigenvalue weighted by Crippen LogP contribution is -2.32. The Morgan fingerprint density at radius 1 is 1.41 bits per heavy atom. The fraction of sp³-hybridized carbons (Fsp3) is 0.417. The van der Waals surface area contributed by atoms with E-state index in [0.717, 1.165) is 5.56 Å². The normalized spacial score (nSPS) is 25.4. The molecule has 0 aliphatic heterocycles. The molecule has 1 saturated carbocycles. The van der Waals surface area contributed by atoms with Gasteiger partial charge in [0.15, 0.2) is 0 Å². The first-order valence-corrected chi connectivity index (χ1v) is 6.01. The van der Waals surface area contributed by atoms with Gasteiger partial charge in [-0.05, 0) is 31.0 Å². The second-order valence-electron chi connectivity index (χ2n) is 4.52. The molecule has 0 radical (unpaired) electrons. The van der Waals surface area contributed by atoms with Gasteiger partial charge >= 0.3 is 0 Å². The van der Waals surface area contributed by atoms with E-state index in [1.54, 1.807) is 19.1 Å². The van der Waals surface area contributed by atoms with Gasteiger partial charge in [-0.3, -0.25) is 4.79 Å². The zero-order chi connectivity index (χ0) is 12.7. The third kappa shape index (κ3) is 2.40. The summed E-state index contributed by atoms with van der Waals surface area (Å²) in [4.78, 5) is 11.8. The summed E-state index contributed by atoms with van der Waals surface area (Å²) in [6.45, 7) is 2.07. The van der Waals surface area contributed by atoms with Crippen molar-refractivity contribution in [1.29, 1.82) is 0 Å². The smallest absolute Gasteiger partial charge is 0.229 e. The van der Waals surface area contributed by atoms with Crippen LogP contribution in [0.1, 0.15) is 18.9 Å². The van der Waals surface area contributed by atoms with Crippen molar-refractivity contribution in [3.8, 4) is 0 Å². The number of benzene rings is 1. The lowest BCUT2D eigenvalue weighted by Gasteiger charge is -2.12. The number of carbonyl (C=O) groups excluding carboxylic acids is 1. The van der Waals surface area contributed by atoms with Crippen LogP contribution >= 0.6 is 23.2 Å². The number of nitrogens with one attached hydrogen (secondary N) is 1. The van der Waals surface area contributed by atoms with Crippen molar-refractivity contribution in [1.82, 2.24) is 5.32 Å². The molecule has 1 aliphatic rings. The Bertz CT molecular complexity index is 446. The second-order valence-corrected chi connectivity index (χ2v) is 6.01. The van der Waals surface area contributed by atoms with Crippen molar-refractivity contribution < 1.29 is 9.18 Å². The van der Waals surface area contributed by atoms with E-state index < -0.39 is 9.75 Å². The van der Waals surface area contributed by atoms with Crippen LogP contribution in [0.3, 0.4) is 0 Å². The molecular weight excluding hydrogens is 264 g/mol. The Morgan fingerprint density at radius 3 is 2.41 bits per heavy atom. The Balaban J connectivity index is 1.91. The molecule has 2 rings (SSSR count). The number of rotatable bonds is 3. The maximum absolute atomic E-state index is 12.7. The molecule has 1 N–H and O–H groups in total. The Labute approximate surface area is 109 Å². The van der Waals surface area contributed by atoms with E-state index in [9.17, 15) is 9.18 Å². The number of amides is 1. The van der Waals surface area contributed by atoms with E-state index in [0.29, 0.717) is 13.0 Å². The van der Waals surface area contributed by atoms with Crippen LogP contribution < -0.4 is 5.32 Å². The molecule has 1 aromatic rings. The van der Waals surface area contributed by atoms with Gasteiger partial charge in [0.25, 0.3) is 0 Å². The first-order valence-electron chi connectivity index (χ1n) is 5.26. The summed E-state index contributed by atoms with van der Waals surface area (Å²) in [5, 5.41) is 2.75. The summed E-state index contributed by atoms with van der Waals surface area (Å²) in [5.74, 6) is -0.471. The molecule has 2 nitrogen and oxygen atoms in total. The molecule has 1 aromatic carbocycles. The average molecular weight is 276 g/mol. The molecule has 1 fully saturated rings. The molecule has 5 heteroatoms. The van der Waals surface area contributed by atoms with E-state index in [-0.39, 0.29) is 11.7 Å². The Hall–Kier alpha value is -0.800. The highest BCUT2D eigenvalue weighted by atomic mass is 35.5. The molecule has 0 bridgehead atoms. The summed E-state index contributed by atoms with van der Waals surface area (Å²) in [7, 11) is 0. The Morgan fingerprint density at radius 2 is 1.94 bits per heavy atom. The fourth-order valence-corrected chi connectivity index (χ4v) is 2.33. The predicted molar refractivity (Wildman–Crippen MR) is 65.4 cm³/mol. The van der Waals surface area contributed by atoms with Gasteiger partial charge in [-0.2, -0.15) is 0 Å². The van der Waals surface area contributed by atoms with Crippen LogP contribution in [0.4, 0.5) is 4.39 Å². The molecule has 0 aromatic heterocycles. The third-order valence-electron chi connectivity index (χ3n) is 3.13. The van der Waals surface area contributed by atoms with Crippen molar-refractivity contribution in [2.24, 2.45) is 5.41 Å².